The van der Waals surface area contributed by atoms with Gasteiger partial charge < -0.3 is 10.5 Å². The molecule has 2 rings (SSSR count). The van der Waals surface area contributed by atoms with Gasteiger partial charge in [-0.15, -0.1) is 0 Å². The Kier molecular flexibility index (Phi) is 3.87. The molecular formula is C14H18F3NO. The highest BCUT2D eigenvalue weighted by molar-refractivity contribution is 5.27. The van der Waals surface area contributed by atoms with Crippen LogP contribution in [0.1, 0.15) is 42.9 Å². The van der Waals surface area contributed by atoms with Gasteiger partial charge in [0, 0.05) is 13.2 Å². The number of nitrogens with two attached hydrogens (primary N) is 1. The van der Waals surface area contributed by atoms with E-state index in [1.807, 2.05) is 0 Å². The quantitative estimate of drug-likeness (QED) is 0.908. The van der Waals surface area contributed by atoms with Crippen molar-refractivity contribution in [2.45, 2.75) is 43.5 Å². The molecule has 0 spiro atoms. The second-order valence-electron chi connectivity index (χ2n) is 5.17. The summed E-state index contributed by atoms with van der Waals surface area (Å²) >= 11 is 0. The summed E-state index contributed by atoms with van der Waals surface area (Å²) in [6, 6.07) is 4.78. The number of ether oxygens (including phenoxy) is 1. The van der Waals surface area contributed by atoms with Crippen molar-refractivity contribution in [3.8, 4) is 0 Å². The highest BCUT2D eigenvalue weighted by atomic mass is 19.4. The molecule has 0 bridgehead atoms. The van der Waals surface area contributed by atoms with Gasteiger partial charge in [0.2, 0.25) is 0 Å². The highest BCUT2D eigenvalue weighted by Gasteiger charge is 2.38. The van der Waals surface area contributed by atoms with Gasteiger partial charge in [0.1, 0.15) is 0 Å². The van der Waals surface area contributed by atoms with Gasteiger partial charge in [-0.3, -0.25) is 0 Å². The number of hydrogen-bond donors (Lipinski definition) is 1. The van der Waals surface area contributed by atoms with Gasteiger partial charge in [0.05, 0.1) is 11.2 Å². The Morgan fingerprint density at radius 2 is 1.84 bits per heavy atom. The van der Waals surface area contributed by atoms with Gasteiger partial charge in [0.15, 0.2) is 0 Å². The average Bonchev–Trinajstić information content (AvgIpc) is 2.32. The Morgan fingerprint density at radius 3 is 2.21 bits per heavy atom. The van der Waals surface area contributed by atoms with E-state index in [-0.39, 0.29) is 11.6 Å². The summed E-state index contributed by atoms with van der Waals surface area (Å²) in [5.74, 6) is 0. The molecule has 0 radical (unpaired) electrons. The molecule has 2 nitrogen and oxygen atoms in total. The standard InChI is InChI=1S/C14H18F3NO/c1-19-13(7-2-8-13)9-12(18)10-3-5-11(6-4-10)14(15,16)17/h3-6,12H,2,7-9,18H2,1H3. The molecule has 0 heterocycles. The van der Waals surface area contributed by atoms with E-state index in [9.17, 15) is 13.2 Å². The molecule has 0 amide bonds. The van der Waals surface area contributed by atoms with Crippen LogP contribution in [0, 0.1) is 0 Å². The molecule has 1 aliphatic carbocycles. The summed E-state index contributed by atoms with van der Waals surface area (Å²) in [4.78, 5) is 0. The normalized spacial score (nSPS) is 19.8. The molecule has 106 valence electrons. The average molecular weight is 273 g/mol. The number of rotatable bonds is 4. The van der Waals surface area contributed by atoms with E-state index >= 15 is 0 Å². The third kappa shape index (κ3) is 3.09. The van der Waals surface area contributed by atoms with E-state index in [4.69, 9.17) is 10.5 Å². The summed E-state index contributed by atoms with van der Waals surface area (Å²) in [5.41, 5.74) is 5.96. The number of hydrogen-bond acceptors (Lipinski definition) is 2. The summed E-state index contributed by atoms with van der Waals surface area (Å²) in [6.07, 6.45) is -0.595. The molecule has 1 atom stereocenters. The molecule has 0 aromatic heterocycles. The number of benzene rings is 1. The van der Waals surface area contributed by atoms with Crippen molar-refractivity contribution in [2.75, 3.05) is 7.11 Å². The van der Waals surface area contributed by atoms with Gasteiger partial charge in [-0.1, -0.05) is 12.1 Å². The lowest BCUT2D eigenvalue weighted by atomic mass is 9.75. The minimum atomic E-state index is -4.30. The first kappa shape index (κ1) is 14.3. The van der Waals surface area contributed by atoms with Crippen molar-refractivity contribution in [2.24, 2.45) is 5.73 Å². The Hall–Kier alpha value is -1.07. The van der Waals surface area contributed by atoms with Gasteiger partial charge in [-0.05, 0) is 43.4 Å². The minimum absolute atomic E-state index is 0.178. The van der Waals surface area contributed by atoms with Gasteiger partial charge in [-0.25, -0.2) is 0 Å². The van der Waals surface area contributed by atoms with Crippen molar-refractivity contribution < 1.29 is 17.9 Å². The van der Waals surface area contributed by atoms with E-state index in [1.54, 1.807) is 7.11 Å². The topological polar surface area (TPSA) is 35.2 Å². The van der Waals surface area contributed by atoms with E-state index in [1.165, 1.54) is 12.1 Å². The molecule has 2 N–H and O–H groups in total. The highest BCUT2D eigenvalue weighted by Crippen LogP contribution is 2.41. The zero-order valence-corrected chi connectivity index (χ0v) is 10.8. The van der Waals surface area contributed by atoms with Crippen LogP contribution in [0.5, 0.6) is 0 Å². The van der Waals surface area contributed by atoms with Crippen molar-refractivity contribution in [1.29, 1.82) is 0 Å². The molecule has 1 unspecified atom stereocenters. The third-order valence-electron chi connectivity index (χ3n) is 3.96. The fourth-order valence-electron chi connectivity index (χ4n) is 2.50. The summed E-state index contributed by atoms with van der Waals surface area (Å²) < 4.78 is 42.9. The van der Waals surface area contributed by atoms with Gasteiger partial charge in [0.25, 0.3) is 0 Å². The first-order chi connectivity index (χ1) is 8.86. The molecule has 19 heavy (non-hydrogen) atoms. The Morgan fingerprint density at radius 1 is 1.26 bits per heavy atom. The molecule has 0 aliphatic heterocycles. The van der Waals surface area contributed by atoms with Crippen molar-refractivity contribution in [3.63, 3.8) is 0 Å². The second-order valence-corrected chi connectivity index (χ2v) is 5.17. The SMILES string of the molecule is COC1(CC(N)c2ccc(C(F)(F)F)cc2)CCC1. The lowest BCUT2D eigenvalue weighted by Crippen LogP contribution is -2.41. The zero-order valence-electron chi connectivity index (χ0n) is 10.8. The molecule has 1 aromatic carbocycles. The van der Waals surface area contributed by atoms with E-state index in [0.29, 0.717) is 6.42 Å². The lowest BCUT2D eigenvalue weighted by Gasteiger charge is -2.42. The van der Waals surface area contributed by atoms with E-state index in [2.05, 4.69) is 0 Å². The van der Waals surface area contributed by atoms with Crippen molar-refractivity contribution in [3.05, 3.63) is 35.4 Å². The van der Waals surface area contributed by atoms with Crippen LogP contribution in [0.15, 0.2) is 24.3 Å². The van der Waals surface area contributed by atoms with Crippen LogP contribution in [0.2, 0.25) is 0 Å². The summed E-state index contributed by atoms with van der Waals surface area (Å²) in [7, 11) is 1.67. The Bertz CT molecular complexity index is 418. The van der Waals surface area contributed by atoms with E-state index < -0.39 is 11.7 Å². The fraction of sp³-hybridized carbons (Fsp3) is 0.571. The number of alkyl halides is 3. The van der Waals surface area contributed by atoms with Crippen LogP contribution in [0.25, 0.3) is 0 Å². The van der Waals surface area contributed by atoms with Crippen LogP contribution in [0.4, 0.5) is 13.2 Å². The third-order valence-corrected chi connectivity index (χ3v) is 3.96. The lowest BCUT2D eigenvalue weighted by molar-refractivity contribution is -0.137. The molecule has 1 saturated carbocycles. The Balaban J connectivity index is 2.05. The predicted molar refractivity (Wildman–Crippen MR) is 66.6 cm³/mol. The fourth-order valence-corrected chi connectivity index (χ4v) is 2.50. The second kappa shape index (κ2) is 5.13. The zero-order chi connectivity index (χ0) is 14.1. The van der Waals surface area contributed by atoms with Crippen LogP contribution in [0.3, 0.4) is 0 Å². The summed E-state index contributed by atoms with van der Waals surface area (Å²) in [5, 5.41) is 0. The minimum Gasteiger partial charge on any atom is -0.378 e. The van der Waals surface area contributed by atoms with Gasteiger partial charge in [-0.2, -0.15) is 13.2 Å². The first-order valence-corrected chi connectivity index (χ1v) is 6.34. The van der Waals surface area contributed by atoms with Crippen LogP contribution in [-0.2, 0) is 10.9 Å². The Labute approximate surface area is 110 Å². The number of halogens is 3. The molecule has 0 saturated heterocycles. The van der Waals surface area contributed by atoms with Crippen LogP contribution >= 0.6 is 0 Å². The molecule has 5 heteroatoms. The summed E-state index contributed by atoms with van der Waals surface area (Å²) in [6.45, 7) is 0. The molecule has 1 aliphatic rings. The van der Waals surface area contributed by atoms with Crippen LogP contribution in [-0.4, -0.2) is 12.7 Å². The number of methoxy groups -OCH3 is 1. The largest absolute Gasteiger partial charge is 0.416 e. The van der Waals surface area contributed by atoms with Crippen molar-refractivity contribution in [1.82, 2.24) is 0 Å². The van der Waals surface area contributed by atoms with Crippen LogP contribution < -0.4 is 5.73 Å². The maximum atomic E-state index is 12.5. The van der Waals surface area contributed by atoms with E-state index in [0.717, 1.165) is 37.0 Å². The van der Waals surface area contributed by atoms with Gasteiger partial charge >= 0.3 is 6.18 Å². The van der Waals surface area contributed by atoms with Crippen molar-refractivity contribution >= 4 is 0 Å². The maximum Gasteiger partial charge on any atom is 0.416 e. The maximum absolute atomic E-state index is 12.5. The predicted octanol–water partition coefficient (Wildman–Crippen LogP) is 3.66. The monoisotopic (exact) mass is 273 g/mol. The molecule has 1 fully saturated rings. The smallest absolute Gasteiger partial charge is 0.378 e. The molecule has 1 aromatic rings. The molecular weight excluding hydrogens is 255 g/mol. The first-order valence-electron chi connectivity index (χ1n) is 6.34.